The van der Waals surface area contributed by atoms with Gasteiger partial charge >= 0.3 is 0 Å². The molecule has 0 saturated heterocycles. The van der Waals surface area contributed by atoms with Gasteiger partial charge in [-0.3, -0.25) is 0 Å². The lowest BCUT2D eigenvalue weighted by molar-refractivity contribution is 0.121. The summed E-state index contributed by atoms with van der Waals surface area (Å²) in [5.41, 5.74) is 0.564. The molecule has 0 saturated carbocycles. The van der Waals surface area contributed by atoms with Crippen molar-refractivity contribution in [3.8, 4) is 0 Å². The highest BCUT2D eigenvalue weighted by Crippen LogP contribution is 2.54. The second kappa shape index (κ2) is 11.9. The number of hydrogen-bond acceptors (Lipinski definition) is 0. The lowest BCUT2D eigenvalue weighted by Gasteiger charge is -2.50. The molecule has 0 aromatic rings. The van der Waals surface area contributed by atoms with Crippen LogP contribution in [0.2, 0.25) is 0 Å². The summed E-state index contributed by atoms with van der Waals surface area (Å²) in [5.74, 6) is 0. The van der Waals surface area contributed by atoms with Crippen molar-refractivity contribution in [3.63, 3.8) is 0 Å². The molecule has 0 aliphatic rings. The van der Waals surface area contributed by atoms with E-state index in [0.717, 1.165) is 0 Å². The van der Waals surface area contributed by atoms with Crippen LogP contribution >= 0.6 is 9.24 Å². The lowest BCUT2D eigenvalue weighted by Crippen LogP contribution is -2.43. The Hall–Kier alpha value is 0.430. The van der Waals surface area contributed by atoms with E-state index >= 15 is 0 Å². The molecule has 0 N–H and O–H groups in total. The highest BCUT2D eigenvalue weighted by atomic mass is 31.0. The average molecular weight is 315 g/mol. The Kier molecular flexibility index (Phi) is 12.2. The van der Waals surface area contributed by atoms with Crippen LogP contribution in [0, 0.1) is 5.41 Å². The summed E-state index contributed by atoms with van der Waals surface area (Å²) < 4.78 is 0. The van der Waals surface area contributed by atoms with Crippen molar-refractivity contribution in [3.05, 3.63) is 0 Å². The number of rotatable bonds is 14. The van der Waals surface area contributed by atoms with Gasteiger partial charge in [-0.1, -0.05) is 86.0 Å². The molecule has 1 unspecified atom stereocenters. The first-order chi connectivity index (χ1) is 10.1. The second-order valence-electron chi connectivity index (χ2n) is 7.20. The van der Waals surface area contributed by atoms with Gasteiger partial charge in [-0.25, -0.2) is 0 Å². The minimum absolute atomic E-state index is 0.484. The first kappa shape index (κ1) is 21.4. The van der Waals surface area contributed by atoms with Gasteiger partial charge in [-0.15, -0.1) is 9.24 Å². The maximum atomic E-state index is 3.40. The van der Waals surface area contributed by atoms with Crippen molar-refractivity contribution < 1.29 is 0 Å². The smallest absolute Gasteiger partial charge is 0.00940 e. The number of hydrogen-bond donors (Lipinski definition) is 0. The summed E-state index contributed by atoms with van der Waals surface area (Å²) in [7, 11) is 3.40. The van der Waals surface area contributed by atoms with E-state index in [0.29, 0.717) is 10.6 Å². The molecule has 0 bridgehead atoms. The van der Waals surface area contributed by atoms with Crippen LogP contribution in [-0.4, -0.2) is 5.16 Å². The van der Waals surface area contributed by atoms with E-state index in [2.05, 4.69) is 43.9 Å². The van der Waals surface area contributed by atoms with Gasteiger partial charge in [0.15, 0.2) is 0 Å². The predicted octanol–water partition coefficient (Wildman–Crippen LogP) is 7.76. The van der Waals surface area contributed by atoms with E-state index in [9.17, 15) is 0 Å². The van der Waals surface area contributed by atoms with Crippen LogP contribution in [0.3, 0.4) is 0 Å². The third-order valence-corrected chi connectivity index (χ3v) is 6.89. The summed E-state index contributed by atoms with van der Waals surface area (Å²) in [5, 5.41) is 0.484. The maximum absolute atomic E-state index is 3.40. The van der Waals surface area contributed by atoms with Gasteiger partial charge in [-0.05, 0) is 42.7 Å². The lowest BCUT2D eigenvalue weighted by atomic mass is 9.63. The number of unbranched alkanes of at least 4 members (excludes halogenated alkanes) is 4. The fourth-order valence-electron chi connectivity index (χ4n) is 4.00. The van der Waals surface area contributed by atoms with Gasteiger partial charge in [0.05, 0.1) is 0 Å². The van der Waals surface area contributed by atoms with Crippen molar-refractivity contribution in [2.75, 3.05) is 0 Å². The second-order valence-corrected chi connectivity index (χ2v) is 8.31. The highest BCUT2D eigenvalue weighted by Gasteiger charge is 2.44. The summed E-state index contributed by atoms with van der Waals surface area (Å²) >= 11 is 0. The Labute approximate surface area is 138 Å². The van der Waals surface area contributed by atoms with Gasteiger partial charge < -0.3 is 0 Å². The Morgan fingerprint density at radius 2 is 0.905 bits per heavy atom. The molecule has 0 heterocycles. The van der Waals surface area contributed by atoms with Gasteiger partial charge in [-0.2, -0.15) is 0 Å². The first-order valence-electron chi connectivity index (χ1n) is 9.84. The molecule has 0 aliphatic heterocycles. The Morgan fingerprint density at radius 3 is 1.19 bits per heavy atom. The van der Waals surface area contributed by atoms with Crippen LogP contribution in [0.5, 0.6) is 0 Å². The molecule has 0 amide bonds. The SMILES string of the molecule is CCCCC(P)(CCCC)C(CC)(CCCC)CCCC. The molecule has 0 radical (unpaired) electrons. The molecule has 21 heavy (non-hydrogen) atoms. The molecular formula is C20H43P. The summed E-state index contributed by atoms with van der Waals surface area (Å²) in [6.07, 6.45) is 18.0. The Morgan fingerprint density at radius 1 is 0.571 bits per heavy atom. The predicted molar refractivity (Wildman–Crippen MR) is 103 cm³/mol. The molecular weight excluding hydrogens is 271 g/mol. The normalized spacial score (nSPS) is 12.9. The maximum Gasteiger partial charge on any atom is -0.00940 e. The van der Waals surface area contributed by atoms with Gasteiger partial charge in [0, 0.05) is 0 Å². The molecule has 0 aromatic carbocycles. The molecule has 0 rings (SSSR count). The van der Waals surface area contributed by atoms with Crippen molar-refractivity contribution >= 4 is 9.24 Å². The average Bonchev–Trinajstić information content (AvgIpc) is 2.51. The van der Waals surface area contributed by atoms with Crippen LogP contribution in [0.4, 0.5) is 0 Å². The van der Waals surface area contributed by atoms with E-state index in [4.69, 9.17) is 0 Å². The summed E-state index contributed by atoms with van der Waals surface area (Å²) in [6, 6.07) is 0. The zero-order chi connectivity index (χ0) is 16.2. The zero-order valence-electron chi connectivity index (χ0n) is 15.8. The van der Waals surface area contributed by atoms with E-state index in [1.165, 1.54) is 83.5 Å². The van der Waals surface area contributed by atoms with Crippen LogP contribution in [0.1, 0.15) is 118 Å². The molecule has 0 spiro atoms. The highest BCUT2D eigenvalue weighted by molar-refractivity contribution is 7.19. The Balaban J connectivity index is 5.26. The molecule has 0 aromatic heterocycles. The van der Waals surface area contributed by atoms with Crippen LogP contribution in [0.15, 0.2) is 0 Å². The van der Waals surface area contributed by atoms with Crippen LogP contribution in [0.25, 0.3) is 0 Å². The summed E-state index contributed by atoms with van der Waals surface area (Å²) in [6.45, 7) is 11.8. The minimum Gasteiger partial charge on any atom is -0.131 e. The van der Waals surface area contributed by atoms with Crippen molar-refractivity contribution in [2.45, 2.75) is 123 Å². The van der Waals surface area contributed by atoms with Crippen molar-refractivity contribution in [2.24, 2.45) is 5.41 Å². The van der Waals surface area contributed by atoms with Gasteiger partial charge in [0.25, 0.3) is 0 Å². The summed E-state index contributed by atoms with van der Waals surface area (Å²) in [4.78, 5) is 0. The first-order valence-corrected chi connectivity index (χ1v) is 10.4. The third-order valence-electron chi connectivity index (χ3n) is 5.70. The standard InChI is InChI=1S/C20H43P/c1-6-11-15-19(10-5,16-12-7-2)20(21,17-13-8-3)18-14-9-4/h6-18,21H2,1-5H3. The van der Waals surface area contributed by atoms with E-state index < -0.39 is 0 Å². The van der Waals surface area contributed by atoms with Crippen LogP contribution < -0.4 is 0 Å². The minimum atomic E-state index is 0.484. The molecule has 1 atom stereocenters. The van der Waals surface area contributed by atoms with Crippen LogP contribution in [-0.2, 0) is 0 Å². The van der Waals surface area contributed by atoms with Crippen molar-refractivity contribution in [1.82, 2.24) is 0 Å². The fraction of sp³-hybridized carbons (Fsp3) is 1.00. The van der Waals surface area contributed by atoms with Gasteiger partial charge in [0.2, 0.25) is 0 Å². The fourth-order valence-corrected chi connectivity index (χ4v) is 4.90. The van der Waals surface area contributed by atoms with E-state index in [-0.39, 0.29) is 0 Å². The molecule has 0 nitrogen and oxygen atoms in total. The monoisotopic (exact) mass is 314 g/mol. The molecule has 128 valence electrons. The largest absolute Gasteiger partial charge is 0.131 e. The molecule has 0 fully saturated rings. The van der Waals surface area contributed by atoms with Crippen molar-refractivity contribution in [1.29, 1.82) is 0 Å². The van der Waals surface area contributed by atoms with Gasteiger partial charge in [0.1, 0.15) is 0 Å². The van der Waals surface area contributed by atoms with E-state index in [1.807, 2.05) is 0 Å². The quantitative estimate of drug-likeness (QED) is 0.287. The molecule has 0 aliphatic carbocycles. The van der Waals surface area contributed by atoms with E-state index in [1.54, 1.807) is 0 Å². The molecule has 1 heteroatoms. The zero-order valence-corrected chi connectivity index (χ0v) is 16.9. The third kappa shape index (κ3) is 6.60. The topological polar surface area (TPSA) is 0 Å². The Bertz CT molecular complexity index is 218.